The van der Waals surface area contributed by atoms with Crippen molar-refractivity contribution in [2.75, 3.05) is 36.5 Å². The van der Waals surface area contributed by atoms with Crippen LogP contribution in [0, 0.1) is 5.92 Å². The first-order chi connectivity index (χ1) is 11.8. The van der Waals surface area contributed by atoms with Crippen LogP contribution in [0.4, 0.5) is 24.5 Å². The summed E-state index contributed by atoms with van der Waals surface area (Å²) in [6.45, 7) is 1.51. The van der Waals surface area contributed by atoms with E-state index in [1.54, 1.807) is 0 Å². The summed E-state index contributed by atoms with van der Waals surface area (Å²) in [5.41, 5.74) is 0.0114. The first-order valence-electron chi connectivity index (χ1n) is 8.15. The molecule has 1 amide bonds. The lowest BCUT2D eigenvalue weighted by atomic mass is 10.1. The molecule has 1 aromatic carbocycles. The van der Waals surface area contributed by atoms with Crippen molar-refractivity contribution in [1.82, 2.24) is 0 Å². The summed E-state index contributed by atoms with van der Waals surface area (Å²) in [6.07, 6.45) is -2.64. The van der Waals surface area contributed by atoms with E-state index in [1.807, 2.05) is 4.90 Å². The molecule has 2 aliphatic rings. The summed E-state index contributed by atoms with van der Waals surface area (Å²) in [7, 11) is 1.23. The number of methoxy groups -OCH3 is 1. The van der Waals surface area contributed by atoms with Gasteiger partial charge in [0.15, 0.2) is 0 Å². The predicted octanol–water partition coefficient (Wildman–Crippen LogP) is 2.83. The van der Waals surface area contributed by atoms with Gasteiger partial charge >= 0.3 is 12.1 Å². The molecule has 1 aromatic rings. The fraction of sp³-hybridized carbons (Fsp3) is 0.529. The SMILES string of the molecule is COC(=O)C1CC(=O)N(c2cc(C(F)(F)F)ccc2N2CCCC2)C1. The molecule has 5 nitrogen and oxygen atoms in total. The molecule has 25 heavy (non-hydrogen) atoms. The summed E-state index contributed by atoms with van der Waals surface area (Å²) < 4.78 is 44.1. The lowest BCUT2D eigenvalue weighted by Gasteiger charge is -2.27. The van der Waals surface area contributed by atoms with E-state index in [2.05, 4.69) is 4.74 Å². The molecule has 8 heteroatoms. The molecule has 0 N–H and O–H groups in total. The zero-order chi connectivity index (χ0) is 18.2. The van der Waals surface area contributed by atoms with Crippen molar-refractivity contribution in [3.8, 4) is 0 Å². The van der Waals surface area contributed by atoms with Crippen molar-refractivity contribution < 1.29 is 27.5 Å². The number of anilines is 2. The van der Waals surface area contributed by atoms with Gasteiger partial charge in [-0.05, 0) is 31.0 Å². The molecule has 2 saturated heterocycles. The second-order valence-electron chi connectivity index (χ2n) is 6.32. The molecule has 0 aromatic heterocycles. The summed E-state index contributed by atoms with van der Waals surface area (Å²) in [6, 6.07) is 3.46. The number of benzene rings is 1. The molecule has 1 atom stereocenters. The van der Waals surface area contributed by atoms with Crippen molar-refractivity contribution in [2.24, 2.45) is 5.92 Å². The summed E-state index contributed by atoms with van der Waals surface area (Å²) in [4.78, 5) is 27.3. The van der Waals surface area contributed by atoms with E-state index >= 15 is 0 Å². The maximum absolute atomic E-state index is 13.1. The number of ether oxygens (including phenoxy) is 1. The van der Waals surface area contributed by atoms with Gasteiger partial charge in [0.2, 0.25) is 5.91 Å². The molecule has 2 heterocycles. The average Bonchev–Trinajstić information content (AvgIpc) is 3.22. The van der Waals surface area contributed by atoms with Crippen LogP contribution in [0.5, 0.6) is 0 Å². The first-order valence-corrected chi connectivity index (χ1v) is 8.15. The van der Waals surface area contributed by atoms with Gasteiger partial charge in [-0.3, -0.25) is 9.59 Å². The molecule has 0 bridgehead atoms. The summed E-state index contributed by atoms with van der Waals surface area (Å²) >= 11 is 0. The molecule has 3 rings (SSSR count). The number of alkyl halides is 3. The van der Waals surface area contributed by atoms with Gasteiger partial charge in [0.25, 0.3) is 0 Å². The second kappa shape index (κ2) is 6.57. The van der Waals surface area contributed by atoms with Crippen LogP contribution in [0.1, 0.15) is 24.8 Å². The quantitative estimate of drug-likeness (QED) is 0.782. The number of hydrogen-bond donors (Lipinski definition) is 0. The molecular weight excluding hydrogens is 337 g/mol. The smallest absolute Gasteiger partial charge is 0.416 e. The monoisotopic (exact) mass is 356 g/mol. The minimum Gasteiger partial charge on any atom is -0.469 e. The van der Waals surface area contributed by atoms with Crippen molar-refractivity contribution in [2.45, 2.75) is 25.4 Å². The van der Waals surface area contributed by atoms with E-state index in [-0.39, 0.29) is 24.6 Å². The van der Waals surface area contributed by atoms with Crippen molar-refractivity contribution in [3.63, 3.8) is 0 Å². The van der Waals surface area contributed by atoms with Crippen LogP contribution >= 0.6 is 0 Å². The highest BCUT2D eigenvalue weighted by atomic mass is 19.4. The van der Waals surface area contributed by atoms with Crippen molar-refractivity contribution in [1.29, 1.82) is 0 Å². The van der Waals surface area contributed by atoms with Gasteiger partial charge in [0, 0.05) is 26.1 Å². The number of rotatable bonds is 3. The lowest BCUT2D eigenvalue weighted by molar-refractivity contribution is -0.145. The Kier molecular flexibility index (Phi) is 4.62. The third kappa shape index (κ3) is 3.43. The topological polar surface area (TPSA) is 49.9 Å². The fourth-order valence-corrected chi connectivity index (χ4v) is 3.41. The van der Waals surface area contributed by atoms with Gasteiger partial charge in [0.05, 0.1) is 30.0 Å². The zero-order valence-corrected chi connectivity index (χ0v) is 13.8. The molecule has 2 aliphatic heterocycles. The third-order valence-corrected chi connectivity index (χ3v) is 4.70. The summed E-state index contributed by atoms with van der Waals surface area (Å²) in [5.74, 6) is -1.54. The number of hydrogen-bond acceptors (Lipinski definition) is 4. The highest BCUT2D eigenvalue weighted by molar-refractivity contribution is 6.02. The lowest BCUT2D eigenvalue weighted by Crippen LogP contribution is -2.29. The fourth-order valence-electron chi connectivity index (χ4n) is 3.41. The van der Waals surface area contributed by atoms with Gasteiger partial charge in [0.1, 0.15) is 0 Å². The number of carbonyl (C=O) groups is 2. The van der Waals surface area contributed by atoms with Gasteiger partial charge < -0.3 is 14.5 Å². The summed E-state index contributed by atoms with van der Waals surface area (Å²) in [5, 5.41) is 0. The number of halogens is 3. The standard InChI is InChI=1S/C17H19F3N2O3/c1-25-16(24)11-8-15(23)22(10-11)14-9-12(17(18,19)20)4-5-13(14)21-6-2-3-7-21/h4-5,9,11H,2-3,6-8,10H2,1H3. The second-order valence-corrected chi connectivity index (χ2v) is 6.32. The number of amides is 1. The normalized spacial score (nSPS) is 21.1. The van der Waals surface area contributed by atoms with Gasteiger partial charge in [-0.1, -0.05) is 0 Å². The van der Waals surface area contributed by atoms with Crippen LogP contribution in [0.25, 0.3) is 0 Å². The van der Waals surface area contributed by atoms with Crippen LogP contribution in [-0.4, -0.2) is 38.6 Å². The Balaban J connectivity index is 1.99. The third-order valence-electron chi connectivity index (χ3n) is 4.70. The van der Waals surface area contributed by atoms with E-state index in [1.165, 1.54) is 18.1 Å². The van der Waals surface area contributed by atoms with E-state index < -0.39 is 23.6 Å². The molecule has 136 valence electrons. The highest BCUT2D eigenvalue weighted by Gasteiger charge is 2.39. The Labute approximate surface area is 143 Å². The van der Waals surface area contributed by atoms with E-state index in [9.17, 15) is 22.8 Å². The van der Waals surface area contributed by atoms with Gasteiger partial charge in [-0.25, -0.2) is 0 Å². The Morgan fingerprint density at radius 1 is 1.20 bits per heavy atom. The molecular formula is C17H19F3N2O3. The van der Waals surface area contributed by atoms with Crippen LogP contribution in [-0.2, 0) is 20.5 Å². The number of esters is 1. The Bertz CT molecular complexity index is 684. The van der Waals surface area contributed by atoms with Crippen LogP contribution < -0.4 is 9.80 Å². The molecule has 1 unspecified atom stereocenters. The van der Waals surface area contributed by atoms with Crippen LogP contribution in [0.3, 0.4) is 0 Å². The van der Waals surface area contributed by atoms with E-state index in [4.69, 9.17) is 0 Å². The molecule has 0 aliphatic carbocycles. The maximum atomic E-state index is 13.1. The Hall–Kier alpha value is -2.25. The zero-order valence-electron chi connectivity index (χ0n) is 13.8. The minimum atomic E-state index is -4.50. The molecule has 0 radical (unpaired) electrons. The predicted molar refractivity (Wildman–Crippen MR) is 85.4 cm³/mol. The largest absolute Gasteiger partial charge is 0.469 e. The average molecular weight is 356 g/mol. The minimum absolute atomic E-state index is 0.0354. The van der Waals surface area contributed by atoms with Gasteiger partial charge in [-0.15, -0.1) is 0 Å². The molecule has 0 saturated carbocycles. The number of nitrogens with zero attached hydrogens (tertiary/aromatic N) is 2. The van der Waals surface area contributed by atoms with Crippen molar-refractivity contribution >= 4 is 23.3 Å². The Morgan fingerprint density at radius 2 is 1.88 bits per heavy atom. The van der Waals surface area contributed by atoms with Gasteiger partial charge in [-0.2, -0.15) is 13.2 Å². The molecule has 2 fully saturated rings. The first kappa shape index (κ1) is 17.6. The van der Waals surface area contributed by atoms with E-state index in [0.717, 1.165) is 38.1 Å². The Morgan fingerprint density at radius 3 is 2.48 bits per heavy atom. The number of carbonyl (C=O) groups excluding carboxylic acids is 2. The molecule has 0 spiro atoms. The maximum Gasteiger partial charge on any atom is 0.416 e. The van der Waals surface area contributed by atoms with E-state index in [0.29, 0.717) is 5.69 Å². The highest BCUT2D eigenvalue weighted by Crippen LogP contribution is 2.40. The van der Waals surface area contributed by atoms with Crippen LogP contribution in [0.15, 0.2) is 18.2 Å². The van der Waals surface area contributed by atoms with Crippen molar-refractivity contribution in [3.05, 3.63) is 23.8 Å². The van der Waals surface area contributed by atoms with Crippen LogP contribution in [0.2, 0.25) is 0 Å².